The van der Waals surface area contributed by atoms with Crippen molar-refractivity contribution in [2.75, 3.05) is 11.9 Å². The number of rotatable bonds is 5. The van der Waals surface area contributed by atoms with Crippen molar-refractivity contribution in [3.63, 3.8) is 0 Å². The Hall–Kier alpha value is -2.95. The van der Waals surface area contributed by atoms with Crippen LogP contribution in [0.4, 0.5) is 14.6 Å². The van der Waals surface area contributed by atoms with Crippen LogP contribution >= 0.6 is 0 Å². The lowest BCUT2D eigenvalue weighted by molar-refractivity contribution is 0.559. The highest BCUT2D eigenvalue weighted by atomic mass is 19.1. The maximum atomic E-state index is 12.6. The Balaban J connectivity index is 0.000000223. The molecular weight excluding hydrogens is 344 g/mol. The van der Waals surface area contributed by atoms with Crippen LogP contribution in [0, 0.1) is 18.6 Å². The van der Waals surface area contributed by atoms with E-state index in [9.17, 15) is 8.78 Å². The van der Waals surface area contributed by atoms with Gasteiger partial charge in [0.05, 0.1) is 0 Å². The van der Waals surface area contributed by atoms with Gasteiger partial charge in [0.15, 0.2) is 0 Å². The van der Waals surface area contributed by atoms with E-state index in [1.165, 1.54) is 23.8 Å². The van der Waals surface area contributed by atoms with Crippen molar-refractivity contribution < 1.29 is 8.78 Å². The highest BCUT2D eigenvalue weighted by Gasteiger charge is 2.09. The van der Waals surface area contributed by atoms with E-state index in [2.05, 4.69) is 41.8 Å². The van der Waals surface area contributed by atoms with Crippen LogP contribution in [0.3, 0.4) is 0 Å². The minimum absolute atomic E-state index is 0.169. The summed E-state index contributed by atoms with van der Waals surface area (Å²) in [6, 6.07) is 9.94. The van der Waals surface area contributed by atoms with Gasteiger partial charge in [0.2, 0.25) is 0 Å². The number of aryl methyl sites for hydroxylation is 1. The van der Waals surface area contributed by atoms with Gasteiger partial charge in [-0.2, -0.15) is 0 Å². The predicted octanol–water partition coefficient (Wildman–Crippen LogP) is 5.74. The number of nitrogens with one attached hydrogen (secondary N) is 2. The molecule has 3 aromatic rings. The molecule has 27 heavy (non-hydrogen) atoms. The van der Waals surface area contributed by atoms with Crippen LogP contribution in [0.1, 0.15) is 36.2 Å². The molecule has 0 aliphatic carbocycles. The lowest BCUT2D eigenvalue weighted by atomic mass is 10.1. The highest BCUT2D eigenvalue weighted by molar-refractivity contribution is 5.82. The van der Waals surface area contributed by atoms with Gasteiger partial charge in [-0.3, -0.25) is 0 Å². The quantitative estimate of drug-likeness (QED) is 0.602. The predicted molar refractivity (Wildman–Crippen MR) is 108 cm³/mol. The molecule has 0 saturated heterocycles. The summed E-state index contributed by atoms with van der Waals surface area (Å²) in [4.78, 5) is 7.55. The summed E-state index contributed by atoms with van der Waals surface area (Å²) >= 11 is 0. The molecule has 0 aliphatic rings. The van der Waals surface area contributed by atoms with E-state index in [-0.39, 0.29) is 5.56 Å². The van der Waals surface area contributed by atoms with Crippen molar-refractivity contribution in [3.05, 3.63) is 89.4 Å². The fourth-order valence-electron chi connectivity index (χ4n) is 2.65. The molecule has 0 saturated carbocycles. The molecule has 5 heteroatoms. The molecule has 0 bridgehead atoms. The van der Waals surface area contributed by atoms with Gasteiger partial charge in [-0.1, -0.05) is 19.6 Å². The molecule has 0 spiro atoms. The summed E-state index contributed by atoms with van der Waals surface area (Å²) < 4.78 is 25.2. The van der Waals surface area contributed by atoms with E-state index < -0.39 is 11.6 Å². The van der Waals surface area contributed by atoms with Crippen LogP contribution in [0.15, 0.2) is 55.4 Å². The number of aromatic amines is 1. The van der Waals surface area contributed by atoms with Crippen LogP contribution in [-0.2, 0) is 6.42 Å². The number of benzene rings is 1. The van der Waals surface area contributed by atoms with Gasteiger partial charge in [-0.15, -0.1) is 0 Å². The van der Waals surface area contributed by atoms with Gasteiger partial charge in [-0.05, 0) is 56.2 Å². The van der Waals surface area contributed by atoms with Crippen molar-refractivity contribution in [2.24, 2.45) is 0 Å². The normalized spacial score (nSPS) is 10.1. The van der Waals surface area contributed by atoms with E-state index >= 15 is 0 Å². The van der Waals surface area contributed by atoms with Gasteiger partial charge in [0, 0.05) is 41.3 Å². The lowest BCUT2D eigenvalue weighted by Gasteiger charge is -2.10. The number of H-pyrrole nitrogens is 1. The average molecular weight is 369 g/mol. The van der Waals surface area contributed by atoms with E-state index in [0.29, 0.717) is 6.42 Å². The fourth-order valence-corrected chi connectivity index (χ4v) is 2.65. The summed E-state index contributed by atoms with van der Waals surface area (Å²) in [6.07, 6.45) is 4.16. The standard InChI is InChI=1S/C14H17N3.C8H8F2/c1-4-15-14-12(6-5-7-16-14)11(3)13-8-10(2)9-17-13;1-2-6-7(9)4-3-5-8(6)10/h5-9,17H,3-4H2,1-2H3,(H,15,16);3-5H,2H2,1H3. The van der Waals surface area contributed by atoms with Crippen LogP contribution in [0.2, 0.25) is 0 Å². The van der Waals surface area contributed by atoms with Gasteiger partial charge in [-0.25, -0.2) is 13.8 Å². The van der Waals surface area contributed by atoms with E-state index in [1.54, 1.807) is 13.1 Å². The van der Waals surface area contributed by atoms with Gasteiger partial charge < -0.3 is 10.3 Å². The Morgan fingerprint density at radius 3 is 2.37 bits per heavy atom. The number of nitrogens with zero attached hydrogens (tertiary/aromatic N) is 1. The van der Waals surface area contributed by atoms with Crippen LogP contribution in [-0.4, -0.2) is 16.5 Å². The second-order valence-corrected chi connectivity index (χ2v) is 6.05. The second-order valence-electron chi connectivity index (χ2n) is 6.05. The third-order valence-corrected chi connectivity index (χ3v) is 4.04. The summed E-state index contributed by atoms with van der Waals surface area (Å²) in [5.41, 5.74) is 4.41. The molecule has 2 N–H and O–H groups in total. The van der Waals surface area contributed by atoms with Crippen LogP contribution < -0.4 is 5.32 Å². The van der Waals surface area contributed by atoms with E-state index in [1.807, 2.05) is 18.3 Å². The summed E-state index contributed by atoms with van der Waals surface area (Å²) in [5, 5.41) is 3.25. The minimum atomic E-state index is -0.456. The molecule has 0 atom stereocenters. The zero-order valence-electron chi connectivity index (χ0n) is 15.9. The van der Waals surface area contributed by atoms with E-state index in [0.717, 1.165) is 29.2 Å². The molecule has 2 aromatic heterocycles. The van der Waals surface area contributed by atoms with Crippen LogP contribution in [0.5, 0.6) is 0 Å². The third-order valence-electron chi connectivity index (χ3n) is 4.04. The van der Waals surface area contributed by atoms with Crippen molar-refractivity contribution in [2.45, 2.75) is 27.2 Å². The van der Waals surface area contributed by atoms with Crippen molar-refractivity contribution in [1.29, 1.82) is 0 Å². The third kappa shape index (κ3) is 5.26. The molecular formula is C22H25F2N3. The maximum Gasteiger partial charge on any atom is 0.133 e. The first-order chi connectivity index (χ1) is 13.0. The Bertz CT molecular complexity index is 880. The van der Waals surface area contributed by atoms with Gasteiger partial charge in [0.25, 0.3) is 0 Å². The van der Waals surface area contributed by atoms with Gasteiger partial charge in [0.1, 0.15) is 17.5 Å². The number of hydrogen-bond donors (Lipinski definition) is 2. The summed E-state index contributed by atoms with van der Waals surface area (Å²) in [5.74, 6) is -0.0303. The topological polar surface area (TPSA) is 40.7 Å². The summed E-state index contributed by atoms with van der Waals surface area (Å²) in [7, 11) is 0. The summed E-state index contributed by atoms with van der Waals surface area (Å²) in [6.45, 7) is 10.8. The fraction of sp³-hybridized carbons (Fsp3) is 0.227. The minimum Gasteiger partial charge on any atom is -0.370 e. The first-order valence-corrected chi connectivity index (χ1v) is 8.94. The Labute approximate surface area is 159 Å². The highest BCUT2D eigenvalue weighted by Crippen LogP contribution is 2.25. The van der Waals surface area contributed by atoms with Gasteiger partial charge >= 0.3 is 0 Å². The number of hydrogen-bond acceptors (Lipinski definition) is 2. The largest absolute Gasteiger partial charge is 0.370 e. The monoisotopic (exact) mass is 369 g/mol. The zero-order valence-corrected chi connectivity index (χ0v) is 15.9. The molecule has 1 aromatic carbocycles. The molecule has 0 unspecified atom stereocenters. The first-order valence-electron chi connectivity index (χ1n) is 8.94. The molecule has 0 radical (unpaired) electrons. The Morgan fingerprint density at radius 2 is 1.85 bits per heavy atom. The Morgan fingerprint density at radius 1 is 1.15 bits per heavy atom. The second kappa shape index (κ2) is 9.67. The molecule has 142 valence electrons. The number of halogens is 2. The first kappa shape index (κ1) is 20.4. The number of aromatic nitrogens is 2. The molecule has 2 heterocycles. The number of anilines is 1. The molecule has 0 amide bonds. The maximum absolute atomic E-state index is 12.6. The van der Waals surface area contributed by atoms with Crippen molar-refractivity contribution in [1.82, 2.24) is 9.97 Å². The Kier molecular flexibility index (Phi) is 7.29. The average Bonchev–Trinajstić information content (AvgIpc) is 3.09. The lowest BCUT2D eigenvalue weighted by Crippen LogP contribution is -2.03. The zero-order chi connectivity index (χ0) is 19.8. The molecule has 3 nitrogen and oxygen atoms in total. The number of pyridine rings is 1. The van der Waals surface area contributed by atoms with Crippen molar-refractivity contribution >= 4 is 11.4 Å². The van der Waals surface area contributed by atoms with E-state index in [4.69, 9.17) is 0 Å². The molecule has 3 rings (SSSR count). The van der Waals surface area contributed by atoms with Crippen LogP contribution in [0.25, 0.3) is 5.57 Å². The molecule has 0 fully saturated rings. The molecule has 0 aliphatic heterocycles. The SMILES string of the molecule is C=C(c1cc(C)c[nH]1)c1cccnc1NCC.CCc1c(F)cccc1F. The van der Waals surface area contributed by atoms with Crippen molar-refractivity contribution in [3.8, 4) is 0 Å². The smallest absolute Gasteiger partial charge is 0.133 e.